The number of hydrogen-bond acceptors (Lipinski definition) is 5. The van der Waals surface area contributed by atoms with Crippen molar-refractivity contribution >= 4 is 11.4 Å². The molecule has 2 rings (SSSR count). The summed E-state index contributed by atoms with van der Waals surface area (Å²) in [6, 6.07) is 4.74. The van der Waals surface area contributed by atoms with Gasteiger partial charge in [-0.2, -0.15) is 5.10 Å². The Bertz CT molecular complexity index is 624. The molecule has 1 heterocycles. The number of benzene rings is 1. The smallest absolute Gasteiger partial charge is 0.296 e. The number of nitro benzene ring substituents is 1. The lowest BCUT2D eigenvalue weighted by molar-refractivity contribution is -0.384. The first-order valence-electron chi connectivity index (χ1n) is 6.71. The number of aromatic nitrogens is 2. The van der Waals surface area contributed by atoms with Crippen LogP contribution in [0.3, 0.4) is 0 Å². The molecule has 0 saturated heterocycles. The highest BCUT2D eigenvalue weighted by Gasteiger charge is 2.15. The second-order valence-corrected chi connectivity index (χ2v) is 4.61. The minimum Gasteiger partial charge on any atom is -0.496 e. The summed E-state index contributed by atoms with van der Waals surface area (Å²) >= 11 is 0. The van der Waals surface area contributed by atoms with Crippen molar-refractivity contribution in [1.82, 2.24) is 9.78 Å². The second-order valence-electron chi connectivity index (χ2n) is 4.61. The van der Waals surface area contributed by atoms with Crippen LogP contribution in [0.15, 0.2) is 30.6 Å². The lowest BCUT2D eigenvalue weighted by Crippen LogP contribution is -2.02. The Morgan fingerprint density at radius 2 is 2.29 bits per heavy atom. The summed E-state index contributed by atoms with van der Waals surface area (Å²) < 4.78 is 6.87. The van der Waals surface area contributed by atoms with Crippen LogP contribution in [0.25, 0.3) is 0 Å². The van der Waals surface area contributed by atoms with Gasteiger partial charge >= 0.3 is 0 Å². The van der Waals surface area contributed by atoms with Gasteiger partial charge in [0, 0.05) is 24.8 Å². The fourth-order valence-electron chi connectivity index (χ4n) is 1.99. The van der Waals surface area contributed by atoms with Gasteiger partial charge in [0.05, 0.1) is 24.3 Å². The van der Waals surface area contributed by atoms with Gasteiger partial charge in [0.25, 0.3) is 5.69 Å². The summed E-state index contributed by atoms with van der Waals surface area (Å²) in [5, 5.41) is 18.4. The Morgan fingerprint density at radius 1 is 1.48 bits per heavy atom. The van der Waals surface area contributed by atoms with E-state index in [4.69, 9.17) is 4.74 Å². The van der Waals surface area contributed by atoms with Crippen molar-refractivity contribution in [2.24, 2.45) is 0 Å². The molecule has 0 bridgehead atoms. The van der Waals surface area contributed by atoms with E-state index < -0.39 is 4.92 Å². The molecule has 0 spiro atoms. The molecule has 21 heavy (non-hydrogen) atoms. The number of rotatable bonds is 7. The number of nitrogens with zero attached hydrogens (tertiary/aromatic N) is 3. The fraction of sp³-hybridized carbons (Fsp3) is 0.357. The van der Waals surface area contributed by atoms with E-state index in [1.54, 1.807) is 18.3 Å². The van der Waals surface area contributed by atoms with Crippen molar-refractivity contribution in [2.45, 2.75) is 26.4 Å². The largest absolute Gasteiger partial charge is 0.496 e. The predicted molar refractivity (Wildman–Crippen MR) is 79.5 cm³/mol. The molecular weight excluding hydrogens is 272 g/mol. The number of hydrogen-bond donors (Lipinski definition) is 1. The highest BCUT2D eigenvalue weighted by Crippen LogP contribution is 2.29. The third-order valence-electron chi connectivity index (χ3n) is 3.02. The first-order valence-corrected chi connectivity index (χ1v) is 6.71. The van der Waals surface area contributed by atoms with Gasteiger partial charge < -0.3 is 10.1 Å². The molecule has 0 amide bonds. The van der Waals surface area contributed by atoms with Crippen LogP contribution in [0, 0.1) is 10.1 Å². The molecule has 0 unspecified atom stereocenters. The molecule has 112 valence electrons. The summed E-state index contributed by atoms with van der Waals surface area (Å²) in [5.41, 5.74) is 1.44. The first kappa shape index (κ1) is 14.8. The van der Waals surface area contributed by atoms with Gasteiger partial charge in [0.2, 0.25) is 0 Å². The van der Waals surface area contributed by atoms with Gasteiger partial charge in [-0.25, -0.2) is 0 Å². The number of ether oxygens (including phenoxy) is 1. The Kier molecular flexibility index (Phi) is 4.76. The third kappa shape index (κ3) is 3.71. The number of nitrogens with one attached hydrogen (secondary N) is 1. The van der Waals surface area contributed by atoms with Gasteiger partial charge in [-0.05, 0) is 18.6 Å². The number of aryl methyl sites for hydroxylation is 1. The monoisotopic (exact) mass is 290 g/mol. The van der Waals surface area contributed by atoms with Crippen molar-refractivity contribution in [3.63, 3.8) is 0 Å². The summed E-state index contributed by atoms with van der Waals surface area (Å²) in [5.74, 6) is 0.461. The van der Waals surface area contributed by atoms with E-state index in [0.717, 1.165) is 18.5 Å². The molecule has 0 radical (unpaired) electrons. The molecule has 0 saturated carbocycles. The molecule has 7 nitrogen and oxygen atoms in total. The van der Waals surface area contributed by atoms with Crippen molar-refractivity contribution in [3.05, 3.63) is 46.3 Å². The topological polar surface area (TPSA) is 82.2 Å². The van der Waals surface area contributed by atoms with Crippen LogP contribution in [0.2, 0.25) is 0 Å². The van der Waals surface area contributed by atoms with Crippen LogP contribution >= 0.6 is 0 Å². The van der Waals surface area contributed by atoms with Crippen molar-refractivity contribution in [2.75, 3.05) is 12.4 Å². The Balaban J connectivity index is 2.09. The normalized spacial score (nSPS) is 10.4. The molecule has 0 aliphatic rings. The quantitative estimate of drug-likeness (QED) is 0.626. The van der Waals surface area contributed by atoms with E-state index in [0.29, 0.717) is 18.0 Å². The average molecular weight is 290 g/mol. The van der Waals surface area contributed by atoms with Gasteiger partial charge in [-0.3, -0.25) is 14.8 Å². The van der Waals surface area contributed by atoms with E-state index >= 15 is 0 Å². The van der Waals surface area contributed by atoms with E-state index in [2.05, 4.69) is 17.3 Å². The standard InChI is InChI=1S/C14H18N4O3/c1-3-6-17-10-11(9-16-17)8-15-13-5-4-12(21-2)7-14(13)18(19)20/h4-5,7,9-10,15H,3,6,8H2,1-2H3. The van der Waals surface area contributed by atoms with E-state index in [1.165, 1.54) is 13.2 Å². The van der Waals surface area contributed by atoms with Crippen molar-refractivity contribution in [3.8, 4) is 5.75 Å². The Hall–Kier alpha value is -2.57. The lowest BCUT2D eigenvalue weighted by Gasteiger charge is -2.07. The highest BCUT2D eigenvalue weighted by molar-refractivity contribution is 5.63. The van der Waals surface area contributed by atoms with Crippen LogP contribution in [0.5, 0.6) is 5.75 Å². The highest BCUT2D eigenvalue weighted by atomic mass is 16.6. The number of methoxy groups -OCH3 is 1. The predicted octanol–water partition coefficient (Wildman–Crippen LogP) is 2.82. The van der Waals surface area contributed by atoms with Crippen molar-refractivity contribution in [1.29, 1.82) is 0 Å². The minimum absolute atomic E-state index is 0.00435. The zero-order chi connectivity index (χ0) is 15.2. The van der Waals surface area contributed by atoms with Gasteiger partial charge in [-0.15, -0.1) is 0 Å². The maximum Gasteiger partial charge on any atom is 0.296 e. The Morgan fingerprint density at radius 3 is 2.95 bits per heavy atom. The summed E-state index contributed by atoms with van der Waals surface area (Å²) in [7, 11) is 1.48. The molecule has 0 aliphatic carbocycles. The van der Waals surface area contributed by atoms with Crippen LogP contribution in [-0.4, -0.2) is 21.8 Å². The molecule has 0 atom stereocenters. The zero-order valence-electron chi connectivity index (χ0n) is 12.1. The molecule has 2 aromatic rings. The summed E-state index contributed by atoms with van der Waals surface area (Å²) in [6.07, 6.45) is 4.71. The van der Waals surface area contributed by atoms with E-state index in [1.807, 2.05) is 10.9 Å². The van der Waals surface area contributed by atoms with Gasteiger partial charge in [-0.1, -0.05) is 6.92 Å². The molecule has 0 aliphatic heterocycles. The summed E-state index contributed by atoms with van der Waals surface area (Å²) in [4.78, 5) is 10.7. The maximum atomic E-state index is 11.1. The zero-order valence-corrected chi connectivity index (χ0v) is 12.1. The third-order valence-corrected chi connectivity index (χ3v) is 3.02. The second kappa shape index (κ2) is 6.74. The number of nitro groups is 1. The lowest BCUT2D eigenvalue weighted by atomic mass is 10.2. The molecule has 7 heteroatoms. The van der Waals surface area contributed by atoms with Crippen molar-refractivity contribution < 1.29 is 9.66 Å². The molecule has 1 aromatic carbocycles. The van der Waals surface area contributed by atoms with Gasteiger partial charge in [0.1, 0.15) is 11.4 Å². The average Bonchev–Trinajstić information content (AvgIpc) is 2.93. The van der Waals surface area contributed by atoms with E-state index in [-0.39, 0.29) is 5.69 Å². The van der Waals surface area contributed by atoms with Crippen LogP contribution < -0.4 is 10.1 Å². The minimum atomic E-state index is -0.425. The van der Waals surface area contributed by atoms with Crippen LogP contribution in [0.4, 0.5) is 11.4 Å². The summed E-state index contributed by atoms with van der Waals surface area (Å²) in [6.45, 7) is 3.43. The van der Waals surface area contributed by atoms with Gasteiger partial charge in [0.15, 0.2) is 0 Å². The van der Waals surface area contributed by atoms with Crippen LogP contribution in [-0.2, 0) is 13.1 Å². The number of anilines is 1. The molecule has 1 N–H and O–H groups in total. The fourth-order valence-corrected chi connectivity index (χ4v) is 1.99. The van der Waals surface area contributed by atoms with Crippen LogP contribution in [0.1, 0.15) is 18.9 Å². The molecule has 0 fully saturated rings. The molecule has 1 aromatic heterocycles. The SMILES string of the molecule is CCCn1cc(CNc2ccc(OC)cc2[N+](=O)[O-])cn1. The first-order chi connectivity index (χ1) is 10.1. The van der Waals surface area contributed by atoms with E-state index in [9.17, 15) is 10.1 Å². The maximum absolute atomic E-state index is 11.1. The molecular formula is C14H18N4O3. The Labute approximate surface area is 122 Å².